The maximum Gasteiger partial charge on any atom is 0.319 e. The molecule has 20 nitrogen and oxygen atoms in total. The number of hydrogen-bond donors (Lipinski definition) is 5. The highest BCUT2D eigenvalue weighted by Crippen LogP contribution is 2.27. The third kappa shape index (κ3) is 19.4. The monoisotopic (exact) mass is 860 g/mol. The average molecular weight is 861 g/mol. The highest BCUT2D eigenvalue weighted by atomic mass is 16.5. The number of hydrogen-bond acceptors (Lipinski definition) is 15. The lowest BCUT2D eigenvalue weighted by Gasteiger charge is -2.33. The van der Waals surface area contributed by atoms with E-state index in [1.54, 1.807) is 4.90 Å². The summed E-state index contributed by atoms with van der Waals surface area (Å²) in [6.07, 6.45) is 4.36. The van der Waals surface area contributed by atoms with E-state index in [1.165, 1.54) is 21.3 Å². The van der Waals surface area contributed by atoms with E-state index in [4.69, 9.17) is 14.2 Å². The van der Waals surface area contributed by atoms with E-state index in [0.29, 0.717) is 45.7 Å². The van der Waals surface area contributed by atoms with Gasteiger partial charge in [0, 0.05) is 65.8 Å². The summed E-state index contributed by atoms with van der Waals surface area (Å²) >= 11 is 0. The second-order valence-electron chi connectivity index (χ2n) is 15.4. The molecule has 61 heavy (non-hydrogen) atoms. The molecule has 1 heterocycles. The number of carboxylic acids is 1. The molecule has 0 aromatic heterocycles. The van der Waals surface area contributed by atoms with Crippen LogP contribution >= 0.6 is 0 Å². The molecule has 1 aromatic rings. The molecule has 0 spiro atoms. The van der Waals surface area contributed by atoms with Crippen LogP contribution in [-0.2, 0) is 59.0 Å². The quantitative estimate of drug-likeness (QED) is 0.0541. The van der Waals surface area contributed by atoms with Crippen molar-refractivity contribution in [3.63, 3.8) is 0 Å². The van der Waals surface area contributed by atoms with Crippen LogP contribution in [0.25, 0.3) is 0 Å². The van der Waals surface area contributed by atoms with E-state index in [2.05, 4.69) is 21.3 Å². The molecule has 20 heteroatoms. The first-order valence-electron chi connectivity index (χ1n) is 20.8. The number of amides is 4. The molecule has 1 saturated heterocycles. The van der Waals surface area contributed by atoms with Crippen molar-refractivity contribution in [1.29, 1.82) is 0 Å². The lowest BCUT2D eigenvalue weighted by atomic mass is 9.84. The lowest BCUT2D eigenvalue weighted by molar-refractivity contribution is -0.143. The van der Waals surface area contributed by atoms with Crippen molar-refractivity contribution in [2.45, 2.75) is 69.5 Å². The zero-order chi connectivity index (χ0) is 44.6. The molecule has 0 radical (unpaired) electrons. The van der Waals surface area contributed by atoms with Gasteiger partial charge in [0.15, 0.2) is 0 Å². The Morgan fingerprint density at radius 2 is 1.20 bits per heavy atom. The number of esters is 2. The highest BCUT2D eigenvalue weighted by molar-refractivity contribution is 5.95. The summed E-state index contributed by atoms with van der Waals surface area (Å²) in [6, 6.07) is 5.52. The van der Waals surface area contributed by atoms with Gasteiger partial charge in [0.25, 0.3) is 6.47 Å². The zero-order valence-corrected chi connectivity index (χ0v) is 35.6. The van der Waals surface area contributed by atoms with Gasteiger partial charge < -0.3 is 40.6 Å². The summed E-state index contributed by atoms with van der Waals surface area (Å²) < 4.78 is 14.8. The van der Waals surface area contributed by atoms with Gasteiger partial charge in [-0.2, -0.15) is 0 Å². The van der Waals surface area contributed by atoms with Gasteiger partial charge in [0.2, 0.25) is 23.6 Å². The third-order valence-corrected chi connectivity index (χ3v) is 10.9. The normalized spacial score (nSPS) is 18.1. The van der Waals surface area contributed by atoms with Gasteiger partial charge >= 0.3 is 17.9 Å². The molecule has 4 amide bonds. The number of nitrogens with zero attached hydrogens (tertiary/aromatic N) is 4. The molecule has 3 atom stereocenters. The van der Waals surface area contributed by atoms with Crippen molar-refractivity contribution in [3.8, 4) is 0 Å². The van der Waals surface area contributed by atoms with E-state index in [0.717, 1.165) is 37.7 Å². The van der Waals surface area contributed by atoms with Crippen molar-refractivity contribution < 1.29 is 57.7 Å². The summed E-state index contributed by atoms with van der Waals surface area (Å²) in [5, 5.41) is 20.5. The maximum atomic E-state index is 13.9. The van der Waals surface area contributed by atoms with Crippen molar-refractivity contribution >= 4 is 48.0 Å². The molecular formula is C41H64N8O12. The highest BCUT2D eigenvalue weighted by Gasteiger charge is 2.33. The predicted octanol–water partition coefficient (Wildman–Crippen LogP) is -1.43. The van der Waals surface area contributed by atoms with E-state index >= 15 is 0 Å². The van der Waals surface area contributed by atoms with Crippen LogP contribution in [0, 0.1) is 5.92 Å². The summed E-state index contributed by atoms with van der Waals surface area (Å²) in [6.45, 7) is 2.53. The van der Waals surface area contributed by atoms with Gasteiger partial charge in [0.1, 0.15) is 24.9 Å². The van der Waals surface area contributed by atoms with Crippen LogP contribution in [0.3, 0.4) is 0 Å². The Kier molecular flexibility index (Phi) is 22.7. The largest absolute Gasteiger partial charge is 0.481 e. The molecule has 3 rings (SSSR count). The van der Waals surface area contributed by atoms with Crippen LogP contribution in [0.2, 0.25) is 0 Å². The number of nitrogens with one attached hydrogen (secondary N) is 4. The van der Waals surface area contributed by atoms with E-state index in [1.807, 2.05) is 45.0 Å². The Balaban J connectivity index is 1.81. The number of rotatable bonds is 21. The number of carbonyl (C=O) groups excluding carboxylic acids is 7. The first-order chi connectivity index (χ1) is 29.3. The minimum absolute atomic E-state index is 0.00417. The number of benzene rings is 1. The predicted molar refractivity (Wildman–Crippen MR) is 220 cm³/mol. The standard InChI is InChI=1S/C41H64N8O12/c1-42-39(56)32(22-30-10-6-4-7-11-30)44-40(57)33(23-31-12-8-5-9-13-31)45-41(58)34(24-36(52)53)43-35(51)25-46-14-16-47(26-37(54)59-2)18-20-49(28-61-29-50)21-19-48(17-15-46)27-38(55)60-3/h4,6-7,10-11,29,31-34H,5,8-9,12-28H2,1-3H3,(H,42,56)(H,43,51)(H,44,57)(H,45,58)(H,52,53)/t32?,33-,34-/m0/s1. The van der Waals surface area contributed by atoms with Gasteiger partial charge in [-0.15, -0.1) is 0 Å². The van der Waals surface area contributed by atoms with Gasteiger partial charge in [-0.25, -0.2) is 0 Å². The van der Waals surface area contributed by atoms with Crippen LogP contribution in [0.5, 0.6) is 0 Å². The van der Waals surface area contributed by atoms with Gasteiger partial charge in [-0.05, 0) is 17.9 Å². The average Bonchev–Trinajstić information content (AvgIpc) is 3.25. The third-order valence-electron chi connectivity index (χ3n) is 10.9. The number of likely N-dealkylation sites (N-methyl/N-ethyl adjacent to an activating group) is 1. The number of aliphatic carboxylic acids is 1. The van der Waals surface area contributed by atoms with Crippen LogP contribution in [0.1, 0.15) is 50.5 Å². The Morgan fingerprint density at radius 1 is 0.689 bits per heavy atom. The number of ether oxygens (including phenoxy) is 3. The first kappa shape index (κ1) is 50.2. The molecule has 2 fully saturated rings. The maximum absolute atomic E-state index is 13.9. The Bertz CT molecular complexity index is 1550. The molecular weight excluding hydrogens is 796 g/mol. The second kappa shape index (κ2) is 27.6. The van der Waals surface area contributed by atoms with E-state index in [9.17, 15) is 43.5 Å². The fourth-order valence-corrected chi connectivity index (χ4v) is 7.40. The van der Waals surface area contributed by atoms with Crippen LogP contribution in [0.15, 0.2) is 30.3 Å². The SMILES string of the molecule is CNC(=O)C(Cc1ccccc1)NC(=O)[C@H](CC1CCCCC1)NC(=O)[C@H](CC(=O)O)NC(=O)CN1CCN(CC(=O)OC)CCN(COC=O)CCN(CC(=O)OC)CC1. The number of methoxy groups -OCH3 is 2. The van der Waals surface area contributed by atoms with Crippen LogP contribution in [-0.4, -0.2) is 191 Å². The van der Waals surface area contributed by atoms with Gasteiger partial charge in [-0.1, -0.05) is 62.4 Å². The minimum atomic E-state index is -1.55. The Labute approximate surface area is 357 Å². The summed E-state index contributed by atoms with van der Waals surface area (Å²) in [5.74, 6) is -4.76. The Hall–Kier alpha value is -5.18. The smallest absolute Gasteiger partial charge is 0.319 e. The molecule has 1 aromatic carbocycles. The fraction of sp³-hybridized carbons (Fsp3) is 0.659. The fourth-order valence-electron chi connectivity index (χ4n) is 7.40. The van der Waals surface area contributed by atoms with Crippen molar-refractivity contribution in [2.24, 2.45) is 5.92 Å². The van der Waals surface area contributed by atoms with Gasteiger partial charge in [0.05, 0.1) is 40.3 Å². The number of carboxylic acid groups (broad SMARTS) is 1. The van der Waals surface area contributed by atoms with Crippen molar-refractivity contribution in [2.75, 3.05) is 100.0 Å². The summed E-state index contributed by atoms with van der Waals surface area (Å²) in [5.41, 5.74) is 0.811. The molecule has 340 valence electrons. The second-order valence-corrected chi connectivity index (χ2v) is 15.4. The lowest BCUT2D eigenvalue weighted by Crippen LogP contribution is -2.58. The van der Waals surface area contributed by atoms with Crippen molar-refractivity contribution in [3.05, 3.63) is 35.9 Å². The summed E-state index contributed by atoms with van der Waals surface area (Å²) in [4.78, 5) is 109. The van der Waals surface area contributed by atoms with Crippen molar-refractivity contribution in [1.82, 2.24) is 40.9 Å². The molecule has 5 N–H and O–H groups in total. The summed E-state index contributed by atoms with van der Waals surface area (Å²) in [7, 11) is 4.01. The molecule has 0 bridgehead atoms. The van der Waals surface area contributed by atoms with E-state index < -0.39 is 66.1 Å². The Morgan fingerprint density at radius 3 is 1.70 bits per heavy atom. The zero-order valence-electron chi connectivity index (χ0n) is 35.6. The molecule has 1 aliphatic heterocycles. The molecule has 2 aliphatic rings. The molecule has 1 aliphatic carbocycles. The van der Waals surface area contributed by atoms with Crippen LogP contribution in [0.4, 0.5) is 0 Å². The molecule has 1 saturated carbocycles. The van der Waals surface area contributed by atoms with Gasteiger partial charge in [-0.3, -0.25) is 58.0 Å². The van der Waals surface area contributed by atoms with E-state index in [-0.39, 0.29) is 58.2 Å². The minimum Gasteiger partial charge on any atom is -0.481 e. The molecule has 1 unspecified atom stereocenters. The first-order valence-corrected chi connectivity index (χ1v) is 20.8. The number of carbonyl (C=O) groups is 8. The van der Waals surface area contributed by atoms with Crippen LogP contribution < -0.4 is 21.3 Å². The topological polar surface area (TPSA) is 246 Å².